The lowest BCUT2D eigenvalue weighted by molar-refractivity contribution is -0.139. The molecular formula is C26H26N2O6S. The molecule has 1 atom stereocenters. The predicted octanol–water partition coefficient (Wildman–Crippen LogP) is 2.82. The number of allylic oxidation sites excluding steroid dienone is 1. The van der Waals surface area contributed by atoms with Gasteiger partial charge in [-0.25, -0.2) is 9.79 Å². The fourth-order valence-corrected chi connectivity index (χ4v) is 5.09. The number of ether oxygens (including phenoxy) is 4. The lowest BCUT2D eigenvalue weighted by Crippen LogP contribution is -2.40. The van der Waals surface area contributed by atoms with Crippen LogP contribution in [-0.4, -0.2) is 38.5 Å². The van der Waals surface area contributed by atoms with Crippen LogP contribution >= 0.6 is 11.3 Å². The quantitative estimate of drug-likeness (QED) is 0.470. The number of fused-ring (bicyclic) bond motifs is 1. The van der Waals surface area contributed by atoms with E-state index in [4.69, 9.17) is 18.9 Å². The third-order valence-electron chi connectivity index (χ3n) is 5.68. The van der Waals surface area contributed by atoms with E-state index in [-0.39, 0.29) is 12.2 Å². The summed E-state index contributed by atoms with van der Waals surface area (Å²) in [5.74, 6) is 1.25. The van der Waals surface area contributed by atoms with Gasteiger partial charge in [0.2, 0.25) is 0 Å². The van der Waals surface area contributed by atoms with E-state index in [9.17, 15) is 9.59 Å². The molecule has 1 aliphatic heterocycles. The number of hydrogen-bond donors (Lipinski definition) is 0. The fourth-order valence-electron chi connectivity index (χ4n) is 4.06. The molecular weight excluding hydrogens is 468 g/mol. The number of carbonyl (C=O) groups excluding carboxylic acids is 1. The summed E-state index contributed by atoms with van der Waals surface area (Å²) in [5.41, 5.74) is 1.90. The summed E-state index contributed by atoms with van der Waals surface area (Å²) < 4.78 is 23.7. The Morgan fingerprint density at radius 2 is 1.83 bits per heavy atom. The highest BCUT2D eigenvalue weighted by Gasteiger charge is 2.34. The monoisotopic (exact) mass is 494 g/mol. The molecule has 0 bridgehead atoms. The molecule has 0 fully saturated rings. The van der Waals surface area contributed by atoms with Gasteiger partial charge >= 0.3 is 5.97 Å². The molecule has 2 aromatic carbocycles. The van der Waals surface area contributed by atoms with E-state index in [1.165, 1.54) is 15.9 Å². The van der Waals surface area contributed by atoms with Crippen LogP contribution in [0.5, 0.6) is 17.2 Å². The lowest BCUT2D eigenvalue weighted by Gasteiger charge is -2.25. The molecule has 8 nitrogen and oxygen atoms in total. The lowest BCUT2D eigenvalue weighted by atomic mass is 9.95. The van der Waals surface area contributed by atoms with E-state index in [1.54, 1.807) is 59.5 Å². The Morgan fingerprint density at radius 3 is 2.51 bits per heavy atom. The largest absolute Gasteiger partial charge is 0.497 e. The van der Waals surface area contributed by atoms with Crippen molar-refractivity contribution in [3.8, 4) is 17.2 Å². The van der Waals surface area contributed by atoms with Crippen LogP contribution in [-0.2, 0) is 9.53 Å². The van der Waals surface area contributed by atoms with E-state index < -0.39 is 12.0 Å². The number of methoxy groups -OCH3 is 3. The highest BCUT2D eigenvalue weighted by molar-refractivity contribution is 7.07. The smallest absolute Gasteiger partial charge is 0.338 e. The predicted molar refractivity (Wildman–Crippen MR) is 133 cm³/mol. The second-order valence-corrected chi connectivity index (χ2v) is 8.66. The number of benzene rings is 2. The third kappa shape index (κ3) is 4.46. The topological polar surface area (TPSA) is 88.4 Å². The molecule has 0 spiro atoms. The van der Waals surface area contributed by atoms with Gasteiger partial charge in [0.15, 0.2) is 4.80 Å². The second kappa shape index (κ2) is 10.2. The Bertz CT molecular complexity index is 1480. The van der Waals surface area contributed by atoms with Crippen LogP contribution < -0.4 is 29.1 Å². The number of thiazole rings is 1. The van der Waals surface area contributed by atoms with Gasteiger partial charge in [0.1, 0.15) is 23.3 Å². The maximum absolute atomic E-state index is 13.8. The summed E-state index contributed by atoms with van der Waals surface area (Å²) in [6.45, 7) is 3.69. The highest BCUT2D eigenvalue weighted by Crippen LogP contribution is 2.35. The average Bonchev–Trinajstić information content (AvgIpc) is 3.17. The van der Waals surface area contributed by atoms with Crippen molar-refractivity contribution in [2.45, 2.75) is 19.9 Å². The molecule has 4 rings (SSSR count). The summed E-state index contributed by atoms with van der Waals surface area (Å²) in [7, 11) is 4.69. The number of aromatic nitrogens is 1. The Labute approximate surface area is 206 Å². The number of nitrogens with zero attached hydrogens (tertiary/aromatic N) is 2. The van der Waals surface area contributed by atoms with Crippen LogP contribution in [0.25, 0.3) is 6.08 Å². The number of carbonyl (C=O) groups is 1. The van der Waals surface area contributed by atoms with Crippen molar-refractivity contribution < 1.29 is 23.7 Å². The Kier molecular flexibility index (Phi) is 7.07. The van der Waals surface area contributed by atoms with Gasteiger partial charge in [-0.05, 0) is 38.1 Å². The molecule has 0 unspecified atom stereocenters. The fraction of sp³-hybridized carbons (Fsp3) is 0.269. The molecule has 3 aromatic rings. The van der Waals surface area contributed by atoms with Crippen LogP contribution in [0, 0.1) is 0 Å². The third-order valence-corrected chi connectivity index (χ3v) is 6.66. The molecule has 9 heteroatoms. The van der Waals surface area contributed by atoms with E-state index in [2.05, 4.69) is 4.99 Å². The molecule has 35 heavy (non-hydrogen) atoms. The molecule has 0 amide bonds. The first-order chi connectivity index (χ1) is 16.9. The first kappa shape index (κ1) is 24.3. The van der Waals surface area contributed by atoms with Crippen LogP contribution in [0.15, 0.2) is 63.5 Å². The van der Waals surface area contributed by atoms with Gasteiger partial charge in [0, 0.05) is 17.2 Å². The molecule has 2 heterocycles. The van der Waals surface area contributed by atoms with Gasteiger partial charge < -0.3 is 18.9 Å². The zero-order chi connectivity index (χ0) is 25.1. The van der Waals surface area contributed by atoms with Crippen molar-refractivity contribution in [3.05, 3.63) is 84.5 Å². The zero-order valence-electron chi connectivity index (χ0n) is 20.2. The standard InChI is InChI=1S/C26H26N2O6S/c1-6-34-25(30)22-15(2)27-26-28(23(22)18-9-7-8-10-19(18)32-4)24(29)21(35-26)13-16-11-12-17(31-3)14-20(16)33-5/h7-14,23H,6H2,1-5H3/b21-13-/t23-/m1/s1. The SMILES string of the molecule is CCOC(=O)C1=C(C)N=c2s/c(=C\c3ccc(OC)cc3OC)c(=O)n2[C@@H]1c1ccccc1OC. The minimum absolute atomic E-state index is 0.204. The van der Waals surface area contributed by atoms with Gasteiger partial charge in [-0.1, -0.05) is 29.5 Å². The summed E-state index contributed by atoms with van der Waals surface area (Å²) >= 11 is 1.24. The maximum atomic E-state index is 13.8. The molecule has 1 aliphatic rings. The molecule has 0 radical (unpaired) electrons. The van der Waals surface area contributed by atoms with Crippen molar-refractivity contribution in [2.24, 2.45) is 4.99 Å². The number of esters is 1. The van der Waals surface area contributed by atoms with Gasteiger partial charge in [0.25, 0.3) is 5.56 Å². The van der Waals surface area contributed by atoms with Crippen molar-refractivity contribution in [3.63, 3.8) is 0 Å². The first-order valence-electron chi connectivity index (χ1n) is 11.0. The Balaban J connectivity index is 1.98. The molecule has 0 aliphatic carbocycles. The van der Waals surface area contributed by atoms with Crippen LogP contribution in [0.1, 0.15) is 31.0 Å². The van der Waals surface area contributed by atoms with Gasteiger partial charge in [-0.2, -0.15) is 0 Å². The molecule has 0 saturated heterocycles. The minimum atomic E-state index is -0.749. The maximum Gasteiger partial charge on any atom is 0.338 e. The number of hydrogen-bond acceptors (Lipinski definition) is 8. The van der Waals surface area contributed by atoms with E-state index in [0.29, 0.717) is 49.0 Å². The Morgan fingerprint density at radius 1 is 1.09 bits per heavy atom. The summed E-state index contributed by atoms with van der Waals surface area (Å²) in [6, 6.07) is 11.9. The van der Waals surface area contributed by atoms with E-state index in [1.807, 2.05) is 24.3 Å². The number of rotatable bonds is 7. The van der Waals surface area contributed by atoms with Crippen LogP contribution in [0.2, 0.25) is 0 Å². The van der Waals surface area contributed by atoms with Crippen molar-refractivity contribution >= 4 is 23.4 Å². The molecule has 0 N–H and O–H groups in total. The highest BCUT2D eigenvalue weighted by atomic mass is 32.1. The summed E-state index contributed by atoms with van der Waals surface area (Å²) in [6.07, 6.45) is 1.75. The zero-order valence-corrected chi connectivity index (χ0v) is 21.0. The summed E-state index contributed by atoms with van der Waals surface area (Å²) in [5, 5.41) is 0. The van der Waals surface area contributed by atoms with Gasteiger partial charge in [-0.3, -0.25) is 9.36 Å². The van der Waals surface area contributed by atoms with Gasteiger partial charge in [-0.15, -0.1) is 0 Å². The van der Waals surface area contributed by atoms with E-state index >= 15 is 0 Å². The second-order valence-electron chi connectivity index (χ2n) is 7.65. The molecule has 0 saturated carbocycles. The normalized spacial score (nSPS) is 15.3. The minimum Gasteiger partial charge on any atom is -0.497 e. The number of para-hydroxylation sites is 1. The van der Waals surface area contributed by atoms with Crippen LogP contribution in [0.3, 0.4) is 0 Å². The average molecular weight is 495 g/mol. The van der Waals surface area contributed by atoms with Crippen LogP contribution in [0.4, 0.5) is 0 Å². The van der Waals surface area contributed by atoms with E-state index in [0.717, 1.165) is 0 Å². The Hall–Kier alpha value is -3.85. The van der Waals surface area contributed by atoms with Crippen molar-refractivity contribution in [2.75, 3.05) is 27.9 Å². The van der Waals surface area contributed by atoms with Crippen molar-refractivity contribution in [1.82, 2.24) is 4.57 Å². The summed E-state index contributed by atoms with van der Waals surface area (Å²) in [4.78, 5) is 31.9. The van der Waals surface area contributed by atoms with Gasteiger partial charge in [0.05, 0.1) is 43.7 Å². The molecule has 1 aromatic heterocycles. The molecule has 182 valence electrons. The first-order valence-corrected chi connectivity index (χ1v) is 11.8. The van der Waals surface area contributed by atoms with Crippen molar-refractivity contribution in [1.29, 1.82) is 0 Å².